The van der Waals surface area contributed by atoms with Crippen molar-refractivity contribution < 1.29 is 56.7 Å². The first kappa shape index (κ1) is 35.2. The third kappa shape index (κ3) is 8.45. The highest BCUT2D eigenvalue weighted by Gasteiger charge is 2.21. The van der Waals surface area contributed by atoms with Crippen LogP contribution in [-0.2, 0) is 19.1 Å². The zero-order valence-electron chi connectivity index (χ0n) is 25.2. The molecule has 0 amide bonds. The van der Waals surface area contributed by atoms with Crippen LogP contribution >= 0.6 is 22.7 Å². The molecular weight excluding hydrogens is 634 g/mol. The van der Waals surface area contributed by atoms with Gasteiger partial charge in [0.05, 0.1) is 57.1 Å². The molecule has 2 aromatic heterocycles. The van der Waals surface area contributed by atoms with Crippen LogP contribution in [0.25, 0.3) is 20.2 Å². The summed E-state index contributed by atoms with van der Waals surface area (Å²) in [6.07, 6.45) is 0.0198. The SMILES string of the molecule is CCOC(=O)CCC(=O)c1cc2c(F)c(O)c(OC)cc2s1.CCOC(=O)CCC(=O)c1cc2c(F)c(OC)c(OC)cc2s1. The number of esters is 2. The maximum Gasteiger partial charge on any atom is 0.306 e. The molecule has 45 heavy (non-hydrogen) atoms. The molecule has 0 aliphatic rings. The van der Waals surface area contributed by atoms with E-state index in [4.69, 9.17) is 23.7 Å². The Kier molecular flexibility index (Phi) is 12.6. The molecule has 1 N–H and O–H groups in total. The quantitative estimate of drug-likeness (QED) is 0.119. The van der Waals surface area contributed by atoms with Gasteiger partial charge in [0.25, 0.3) is 0 Å². The number of carbonyl (C=O) groups excluding carboxylic acids is 4. The third-order valence-corrected chi connectivity index (χ3v) is 8.55. The van der Waals surface area contributed by atoms with E-state index < -0.39 is 29.3 Å². The molecule has 10 nitrogen and oxygen atoms in total. The highest BCUT2D eigenvalue weighted by atomic mass is 32.1. The maximum absolute atomic E-state index is 14.4. The monoisotopic (exact) mass is 666 g/mol. The summed E-state index contributed by atoms with van der Waals surface area (Å²) in [5.41, 5.74) is 0. The van der Waals surface area contributed by atoms with E-state index >= 15 is 0 Å². The number of phenolic OH excluding ortho intramolecular Hbond substituents is 1. The smallest absolute Gasteiger partial charge is 0.306 e. The predicted molar refractivity (Wildman–Crippen MR) is 165 cm³/mol. The summed E-state index contributed by atoms with van der Waals surface area (Å²) in [7, 11) is 4.09. The van der Waals surface area contributed by atoms with Gasteiger partial charge in [0.15, 0.2) is 46.2 Å². The highest BCUT2D eigenvalue weighted by Crippen LogP contribution is 2.41. The second kappa shape index (κ2) is 16.1. The third-order valence-electron chi connectivity index (χ3n) is 6.30. The second-order valence-electron chi connectivity index (χ2n) is 9.17. The van der Waals surface area contributed by atoms with E-state index in [2.05, 4.69) is 0 Å². The van der Waals surface area contributed by atoms with Gasteiger partial charge in [0, 0.05) is 45.1 Å². The first-order valence-electron chi connectivity index (χ1n) is 13.7. The molecule has 0 saturated heterocycles. The number of carbonyl (C=O) groups is 4. The van der Waals surface area contributed by atoms with Crippen LogP contribution in [0.3, 0.4) is 0 Å². The number of ketones is 2. The van der Waals surface area contributed by atoms with Crippen LogP contribution in [0.5, 0.6) is 23.0 Å². The molecule has 0 bridgehead atoms. The number of hydrogen-bond acceptors (Lipinski definition) is 12. The van der Waals surface area contributed by atoms with Crippen LogP contribution in [-0.4, -0.2) is 63.2 Å². The van der Waals surface area contributed by atoms with E-state index in [1.54, 1.807) is 19.9 Å². The molecule has 242 valence electrons. The summed E-state index contributed by atoms with van der Waals surface area (Å²) in [5, 5.41) is 10.1. The number of aromatic hydroxyl groups is 1. The van der Waals surface area contributed by atoms with Gasteiger partial charge >= 0.3 is 11.9 Å². The first-order chi connectivity index (χ1) is 21.5. The van der Waals surface area contributed by atoms with Crippen LogP contribution in [0, 0.1) is 11.6 Å². The predicted octanol–water partition coefficient (Wildman–Crippen LogP) is 6.86. The van der Waals surface area contributed by atoms with Gasteiger partial charge in [0.1, 0.15) is 0 Å². The number of fused-ring (bicyclic) bond motifs is 2. The van der Waals surface area contributed by atoms with Gasteiger partial charge in [-0.2, -0.15) is 0 Å². The van der Waals surface area contributed by atoms with Crippen molar-refractivity contribution in [3.63, 3.8) is 0 Å². The topological polar surface area (TPSA) is 135 Å². The molecule has 0 radical (unpaired) electrons. The Morgan fingerprint density at radius 2 is 1.11 bits per heavy atom. The summed E-state index contributed by atoms with van der Waals surface area (Å²) < 4.78 is 54.1. The van der Waals surface area contributed by atoms with Crippen LogP contribution in [0.4, 0.5) is 8.78 Å². The van der Waals surface area contributed by atoms with E-state index in [0.717, 1.165) is 22.7 Å². The lowest BCUT2D eigenvalue weighted by Crippen LogP contribution is -2.07. The Bertz CT molecular complexity index is 1710. The van der Waals surface area contributed by atoms with Crippen LogP contribution in [0.1, 0.15) is 58.9 Å². The number of benzene rings is 2. The Balaban J connectivity index is 0.000000246. The standard InChI is InChI=1S/C16H17FO5S.C15H15FO5S/c1-4-22-14(19)6-5-10(18)13-7-9-12(23-13)8-11(20-2)16(21-3)15(9)17;1-3-21-13(18)5-4-9(17)12-6-8-11(22-12)7-10(20-2)15(19)14(8)16/h7-8H,4-6H2,1-3H3;6-7,19H,3-5H2,1-2H3. The Morgan fingerprint density at radius 1 is 0.667 bits per heavy atom. The number of Topliss-reactive ketones (excluding diaryl/α,β-unsaturated/α-hetero) is 2. The largest absolute Gasteiger partial charge is 0.502 e. The molecule has 0 spiro atoms. The number of thiophene rings is 2. The van der Waals surface area contributed by atoms with Crippen molar-refractivity contribution in [3.8, 4) is 23.0 Å². The molecule has 0 fully saturated rings. The van der Waals surface area contributed by atoms with Crippen LogP contribution in [0.15, 0.2) is 24.3 Å². The number of phenols is 1. The molecule has 0 aliphatic heterocycles. The maximum atomic E-state index is 14.4. The minimum Gasteiger partial charge on any atom is -0.502 e. The van der Waals surface area contributed by atoms with Crippen molar-refractivity contribution in [2.75, 3.05) is 34.5 Å². The number of halogens is 2. The van der Waals surface area contributed by atoms with E-state index in [0.29, 0.717) is 24.5 Å². The zero-order valence-corrected chi connectivity index (χ0v) is 26.9. The summed E-state index contributed by atoms with van der Waals surface area (Å²) in [5.74, 6) is -3.05. The summed E-state index contributed by atoms with van der Waals surface area (Å²) in [6, 6.07) is 5.96. The van der Waals surface area contributed by atoms with E-state index in [1.165, 1.54) is 39.5 Å². The highest BCUT2D eigenvalue weighted by molar-refractivity contribution is 7.21. The molecule has 4 rings (SSSR count). The molecular formula is C31H32F2O10S2. The molecule has 2 aromatic carbocycles. The van der Waals surface area contributed by atoms with Crippen molar-refractivity contribution in [2.24, 2.45) is 0 Å². The van der Waals surface area contributed by atoms with E-state index in [-0.39, 0.29) is 73.1 Å². The fourth-order valence-corrected chi connectivity index (χ4v) is 6.23. The van der Waals surface area contributed by atoms with Gasteiger partial charge in [-0.3, -0.25) is 19.2 Å². The minimum atomic E-state index is -0.824. The fraction of sp³-hybridized carbons (Fsp3) is 0.355. The number of hydrogen-bond donors (Lipinski definition) is 1. The van der Waals surface area contributed by atoms with Gasteiger partial charge in [-0.25, -0.2) is 8.78 Å². The average molecular weight is 667 g/mol. The minimum absolute atomic E-state index is 0.00308. The summed E-state index contributed by atoms with van der Waals surface area (Å²) in [6.45, 7) is 3.94. The van der Waals surface area contributed by atoms with Crippen molar-refractivity contribution in [1.82, 2.24) is 0 Å². The first-order valence-corrected chi connectivity index (χ1v) is 15.3. The lowest BCUT2D eigenvalue weighted by atomic mass is 10.1. The van der Waals surface area contributed by atoms with Gasteiger partial charge in [0.2, 0.25) is 0 Å². The number of methoxy groups -OCH3 is 3. The van der Waals surface area contributed by atoms with Crippen molar-refractivity contribution >= 4 is 66.4 Å². The Hall–Kier alpha value is -4.30. The van der Waals surface area contributed by atoms with Crippen molar-refractivity contribution in [3.05, 3.63) is 45.7 Å². The Morgan fingerprint density at radius 3 is 1.53 bits per heavy atom. The Labute approximate surface area is 265 Å². The van der Waals surface area contributed by atoms with Gasteiger partial charge in [-0.1, -0.05) is 0 Å². The molecule has 4 aromatic rings. The van der Waals surface area contributed by atoms with Gasteiger partial charge < -0.3 is 28.8 Å². The normalized spacial score (nSPS) is 10.6. The number of ether oxygens (including phenoxy) is 5. The summed E-state index contributed by atoms with van der Waals surface area (Å²) >= 11 is 2.25. The van der Waals surface area contributed by atoms with Gasteiger partial charge in [-0.05, 0) is 26.0 Å². The van der Waals surface area contributed by atoms with E-state index in [9.17, 15) is 33.1 Å². The molecule has 0 unspecified atom stereocenters. The molecule has 0 aliphatic carbocycles. The van der Waals surface area contributed by atoms with E-state index in [1.807, 2.05) is 0 Å². The lowest BCUT2D eigenvalue weighted by molar-refractivity contribution is -0.143. The van der Waals surface area contributed by atoms with Gasteiger partial charge in [-0.15, -0.1) is 22.7 Å². The molecule has 14 heteroatoms. The van der Waals surface area contributed by atoms with Crippen molar-refractivity contribution in [2.45, 2.75) is 39.5 Å². The number of rotatable bonds is 13. The molecule has 0 atom stereocenters. The van der Waals surface area contributed by atoms with Crippen molar-refractivity contribution in [1.29, 1.82) is 0 Å². The molecule has 2 heterocycles. The average Bonchev–Trinajstić information content (AvgIpc) is 3.66. The lowest BCUT2D eigenvalue weighted by Gasteiger charge is -2.08. The summed E-state index contributed by atoms with van der Waals surface area (Å²) in [4.78, 5) is 47.5. The molecule has 0 saturated carbocycles. The zero-order chi connectivity index (χ0) is 33.3. The van der Waals surface area contributed by atoms with Crippen LogP contribution < -0.4 is 14.2 Å². The fourth-order valence-electron chi connectivity index (χ4n) is 4.12. The van der Waals surface area contributed by atoms with Crippen LogP contribution in [0.2, 0.25) is 0 Å². The second-order valence-corrected chi connectivity index (χ2v) is 11.3.